The third-order valence-electron chi connectivity index (χ3n) is 2.12. The summed E-state index contributed by atoms with van der Waals surface area (Å²) in [6, 6.07) is 0. The number of aliphatic carboxylic acids is 1. The van der Waals surface area contributed by atoms with Crippen molar-refractivity contribution in [2.75, 3.05) is 0 Å². The molecule has 1 aromatic rings. The summed E-state index contributed by atoms with van der Waals surface area (Å²) in [5, 5.41) is 15.1. The van der Waals surface area contributed by atoms with Crippen molar-refractivity contribution in [2.45, 2.75) is 19.4 Å². The Bertz CT molecular complexity index is 460. The SMILES string of the molecule is Cn1cc(/C=C/C(=O)NC(C)(C)C(=O)O)cn1. The molecule has 17 heavy (non-hydrogen) atoms. The first-order valence-electron chi connectivity index (χ1n) is 5.03. The number of hydrogen-bond acceptors (Lipinski definition) is 3. The molecule has 0 atom stereocenters. The zero-order valence-electron chi connectivity index (χ0n) is 9.97. The van der Waals surface area contributed by atoms with Gasteiger partial charge in [0, 0.05) is 24.9 Å². The van der Waals surface area contributed by atoms with Gasteiger partial charge >= 0.3 is 5.97 Å². The van der Waals surface area contributed by atoms with Crippen molar-refractivity contribution < 1.29 is 14.7 Å². The van der Waals surface area contributed by atoms with Crippen LogP contribution in [0.5, 0.6) is 0 Å². The molecule has 0 bridgehead atoms. The highest BCUT2D eigenvalue weighted by atomic mass is 16.4. The van der Waals surface area contributed by atoms with Gasteiger partial charge in [0.15, 0.2) is 0 Å². The highest BCUT2D eigenvalue weighted by Crippen LogP contribution is 2.03. The van der Waals surface area contributed by atoms with Crippen LogP contribution in [-0.4, -0.2) is 32.3 Å². The smallest absolute Gasteiger partial charge is 0.328 e. The number of nitrogens with zero attached hydrogens (tertiary/aromatic N) is 2. The molecule has 6 heteroatoms. The Hall–Kier alpha value is -2.11. The highest BCUT2D eigenvalue weighted by Gasteiger charge is 2.27. The van der Waals surface area contributed by atoms with Crippen molar-refractivity contribution in [1.82, 2.24) is 15.1 Å². The van der Waals surface area contributed by atoms with Crippen LogP contribution in [-0.2, 0) is 16.6 Å². The minimum Gasteiger partial charge on any atom is -0.480 e. The maximum atomic E-state index is 11.5. The van der Waals surface area contributed by atoms with Crippen molar-refractivity contribution >= 4 is 18.0 Å². The quantitative estimate of drug-likeness (QED) is 0.743. The molecule has 0 spiro atoms. The van der Waals surface area contributed by atoms with Crippen LogP contribution in [0.2, 0.25) is 0 Å². The molecule has 6 nitrogen and oxygen atoms in total. The molecule has 0 aromatic carbocycles. The predicted molar refractivity (Wildman–Crippen MR) is 62.1 cm³/mol. The number of carbonyl (C=O) groups is 2. The van der Waals surface area contributed by atoms with E-state index in [4.69, 9.17) is 5.11 Å². The summed E-state index contributed by atoms with van der Waals surface area (Å²) in [5.74, 6) is -1.54. The Labute approximate surface area is 98.9 Å². The lowest BCUT2D eigenvalue weighted by molar-refractivity contribution is -0.145. The first-order valence-corrected chi connectivity index (χ1v) is 5.03. The van der Waals surface area contributed by atoms with Crippen LogP contribution in [0.3, 0.4) is 0 Å². The van der Waals surface area contributed by atoms with Crippen molar-refractivity contribution in [1.29, 1.82) is 0 Å². The lowest BCUT2D eigenvalue weighted by Crippen LogP contribution is -2.49. The third kappa shape index (κ3) is 3.75. The van der Waals surface area contributed by atoms with Gasteiger partial charge in [0.25, 0.3) is 0 Å². The number of rotatable bonds is 4. The summed E-state index contributed by atoms with van der Waals surface area (Å²) in [7, 11) is 1.77. The Morgan fingerprint density at radius 1 is 1.53 bits per heavy atom. The van der Waals surface area contributed by atoms with E-state index < -0.39 is 17.4 Å². The lowest BCUT2D eigenvalue weighted by Gasteiger charge is -2.19. The van der Waals surface area contributed by atoms with Gasteiger partial charge < -0.3 is 10.4 Å². The molecule has 0 aliphatic carbocycles. The van der Waals surface area contributed by atoms with Crippen LogP contribution in [0.25, 0.3) is 6.08 Å². The molecule has 1 amide bonds. The van der Waals surface area contributed by atoms with Crippen molar-refractivity contribution in [3.8, 4) is 0 Å². The molecule has 0 aliphatic heterocycles. The molecule has 92 valence electrons. The second-order valence-corrected chi connectivity index (χ2v) is 4.20. The molecular weight excluding hydrogens is 222 g/mol. The molecule has 0 fully saturated rings. The molecule has 0 saturated heterocycles. The number of carbonyl (C=O) groups excluding carboxylic acids is 1. The average Bonchev–Trinajstić information content (AvgIpc) is 2.60. The van der Waals surface area contributed by atoms with E-state index >= 15 is 0 Å². The number of amides is 1. The second kappa shape index (κ2) is 4.82. The monoisotopic (exact) mass is 237 g/mol. The van der Waals surface area contributed by atoms with E-state index in [0.717, 1.165) is 5.56 Å². The van der Waals surface area contributed by atoms with Gasteiger partial charge in [0.05, 0.1) is 6.20 Å². The van der Waals surface area contributed by atoms with Crippen LogP contribution in [0.4, 0.5) is 0 Å². The molecule has 2 N–H and O–H groups in total. The number of nitrogens with one attached hydrogen (secondary N) is 1. The zero-order valence-corrected chi connectivity index (χ0v) is 9.97. The Kier molecular flexibility index (Phi) is 3.67. The van der Waals surface area contributed by atoms with Gasteiger partial charge in [0.1, 0.15) is 5.54 Å². The van der Waals surface area contributed by atoms with Gasteiger partial charge in [-0.15, -0.1) is 0 Å². The fraction of sp³-hybridized carbons (Fsp3) is 0.364. The Morgan fingerprint density at radius 2 is 2.18 bits per heavy atom. The maximum absolute atomic E-state index is 11.5. The molecule has 1 aromatic heterocycles. The van der Waals surface area contributed by atoms with Crippen molar-refractivity contribution in [2.24, 2.45) is 7.05 Å². The minimum atomic E-state index is -1.28. The Balaban J connectivity index is 2.61. The predicted octanol–water partition coefficient (Wildman–Crippen LogP) is 0.413. The van der Waals surface area contributed by atoms with Gasteiger partial charge in [-0.3, -0.25) is 9.48 Å². The number of aromatic nitrogens is 2. The fourth-order valence-corrected chi connectivity index (χ4v) is 1.10. The Morgan fingerprint density at radius 3 is 2.65 bits per heavy atom. The van der Waals surface area contributed by atoms with E-state index in [1.165, 1.54) is 19.9 Å². The second-order valence-electron chi connectivity index (χ2n) is 4.20. The van der Waals surface area contributed by atoms with Gasteiger partial charge in [-0.05, 0) is 19.9 Å². The van der Waals surface area contributed by atoms with Gasteiger partial charge in [0.2, 0.25) is 5.91 Å². The van der Waals surface area contributed by atoms with Crippen LogP contribution in [0, 0.1) is 0 Å². The van der Waals surface area contributed by atoms with E-state index in [0.29, 0.717) is 0 Å². The average molecular weight is 237 g/mol. The summed E-state index contributed by atoms with van der Waals surface area (Å²) in [4.78, 5) is 22.2. The van der Waals surface area contributed by atoms with Crippen LogP contribution < -0.4 is 5.32 Å². The van der Waals surface area contributed by atoms with Crippen molar-refractivity contribution in [3.05, 3.63) is 24.0 Å². The molecule has 1 heterocycles. The molecular formula is C11H15N3O3. The third-order valence-corrected chi connectivity index (χ3v) is 2.12. The number of hydrogen-bond donors (Lipinski definition) is 2. The summed E-state index contributed by atoms with van der Waals surface area (Å²) < 4.78 is 1.61. The van der Waals surface area contributed by atoms with Gasteiger partial charge in [-0.1, -0.05) is 0 Å². The highest BCUT2D eigenvalue weighted by molar-refractivity contribution is 5.95. The molecule has 0 radical (unpaired) electrons. The van der Waals surface area contributed by atoms with Crippen LogP contribution in [0.1, 0.15) is 19.4 Å². The number of carboxylic acids is 1. The minimum absolute atomic E-state index is 0.457. The van der Waals surface area contributed by atoms with Gasteiger partial charge in [-0.25, -0.2) is 4.79 Å². The normalized spacial score (nSPS) is 11.7. The summed E-state index contributed by atoms with van der Waals surface area (Å²) in [5.41, 5.74) is -0.508. The molecule has 0 saturated carbocycles. The van der Waals surface area contributed by atoms with Crippen LogP contribution in [0.15, 0.2) is 18.5 Å². The van der Waals surface area contributed by atoms with E-state index in [1.807, 2.05) is 0 Å². The maximum Gasteiger partial charge on any atom is 0.328 e. The first kappa shape index (κ1) is 13.0. The van der Waals surface area contributed by atoms with E-state index in [9.17, 15) is 9.59 Å². The first-order chi connectivity index (χ1) is 7.81. The summed E-state index contributed by atoms with van der Waals surface area (Å²) in [6.07, 6.45) is 6.19. The van der Waals surface area contributed by atoms with E-state index in [1.54, 1.807) is 30.2 Å². The topological polar surface area (TPSA) is 84.2 Å². The zero-order chi connectivity index (χ0) is 13.1. The van der Waals surface area contributed by atoms with Crippen molar-refractivity contribution in [3.63, 3.8) is 0 Å². The largest absolute Gasteiger partial charge is 0.480 e. The molecule has 0 unspecified atom stereocenters. The van der Waals surface area contributed by atoms with E-state index in [-0.39, 0.29) is 0 Å². The number of aryl methyl sites for hydroxylation is 1. The lowest BCUT2D eigenvalue weighted by atomic mass is 10.1. The standard InChI is InChI=1S/C11H15N3O3/c1-11(2,10(16)17)13-9(15)5-4-8-6-12-14(3)7-8/h4-7H,1-3H3,(H,13,15)(H,16,17)/b5-4+. The van der Waals surface area contributed by atoms with Crippen LogP contribution >= 0.6 is 0 Å². The summed E-state index contributed by atoms with van der Waals surface area (Å²) >= 11 is 0. The van der Waals surface area contributed by atoms with E-state index in [2.05, 4.69) is 10.4 Å². The number of carboxylic acid groups (broad SMARTS) is 1. The van der Waals surface area contributed by atoms with Gasteiger partial charge in [-0.2, -0.15) is 5.10 Å². The molecule has 1 rings (SSSR count). The fourth-order valence-electron chi connectivity index (χ4n) is 1.10. The summed E-state index contributed by atoms with van der Waals surface area (Å²) in [6.45, 7) is 2.84. The molecule has 0 aliphatic rings.